The maximum atomic E-state index is 13.0. The number of rotatable bonds is 7. The minimum absolute atomic E-state index is 0.117. The minimum Gasteiger partial charge on any atom is -0.476 e. The summed E-state index contributed by atoms with van der Waals surface area (Å²) in [6, 6.07) is 15.1. The number of benzene rings is 2. The molecule has 0 saturated heterocycles. The number of alkyl halides is 3. The monoisotopic (exact) mass is 542 g/mol. The van der Waals surface area contributed by atoms with E-state index in [4.69, 9.17) is 9.47 Å². The molecule has 0 aliphatic rings. The molecule has 0 atom stereocenters. The SMILES string of the molecule is Cc1nc(-c2ccc(C(F)(F)F)cc2)ccc1N(C)C(=O)Cc1ccc(OC(C)(C)C(=O)OC(C)(C)C)cc1. The maximum Gasteiger partial charge on any atom is 0.416 e. The van der Waals surface area contributed by atoms with Gasteiger partial charge in [-0.2, -0.15) is 13.2 Å². The van der Waals surface area contributed by atoms with E-state index in [1.54, 1.807) is 85.0 Å². The highest BCUT2D eigenvalue weighted by molar-refractivity contribution is 5.95. The van der Waals surface area contributed by atoms with Crippen molar-refractivity contribution in [3.8, 4) is 17.0 Å². The van der Waals surface area contributed by atoms with Gasteiger partial charge in [0.1, 0.15) is 11.4 Å². The Kier molecular flexibility index (Phi) is 8.43. The average molecular weight is 543 g/mol. The van der Waals surface area contributed by atoms with Crippen LogP contribution in [0.1, 0.15) is 51.4 Å². The largest absolute Gasteiger partial charge is 0.476 e. The summed E-state index contributed by atoms with van der Waals surface area (Å²) in [6.07, 6.45) is -4.29. The molecule has 0 radical (unpaired) electrons. The fourth-order valence-corrected chi connectivity index (χ4v) is 3.74. The first-order valence-corrected chi connectivity index (χ1v) is 12.4. The van der Waals surface area contributed by atoms with Crippen LogP contribution >= 0.6 is 0 Å². The van der Waals surface area contributed by atoms with Gasteiger partial charge in [-0.25, -0.2) is 4.79 Å². The third-order valence-corrected chi connectivity index (χ3v) is 5.84. The Hall–Kier alpha value is -3.88. The molecular formula is C30H33F3N2O4. The van der Waals surface area contributed by atoms with Crippen LogP contribution in [-0.4, -0.2) is 35.1 Å². The molecule has 1 amide bonds. The molecule has 6 nitrogen and oxygen atoms in total. The molecule has 0 unspecified atom stereocenters. The summed E-state index contributed by atoms with van der Waals surface area (Å²) in [5.41, 5.74) is 0.412. The number of amides is 1. The Balaban J connectivity index is 1.66. The van der Waals surface area contributed by atoms with Gasteiger partial charge in [0.15, 0.2) is 5.60 Å². The fraction of sp³-hybridized carbons (Fsp3) is 0.367. The van der Waals surface area contributed by atoms with Crippen LogP contribution in [0.15, 0.2) is 60.7 Å². The third kappa shape index (κ3) is 7.81. The van der Waals surface area contributed by atoms with Crippen molar-refractivity contribution >= 4 is 17.6 Å². The minimum atomic E-state index is -4.40. The number of aryl methyl sites for hydroxylation is 1. The average Bonchev–Trinajstić information content (AvgIpc) is 2.83. The number of likely N-dealkylation sites (N-methyl/N-ethyl adjacent to an activating group) is 1. The van der Waals surface area contributed by atoms with Crippen molar-refractivity contribution in [1.29, 1.82) is 0 Å². The Morgan fingerprint density at radius 2 is 1.46 bits per heavy atom. The summed E-state index contributed by atoms with van der Waals surface area (Å²) in [6.45, 7) is 10.4. The van der Waals surface area contributed by atoms with E-state index in [1.807, 2.05) is 0 Å². The number of hydrogen-bond donors (Lipinski definition) is 0. The zero-order chi connectivity index (χ0) is 29.2. The second kappa shape index (κ2) is 11.1. The molecule has 2 aromatic carbocycles. The molecule has 0 spiro atoms. The van der Waals surface area contributed by atoms with E-state index in [-0.39, 0.29) is 12.3 Å². The van der Waals surface area contributed by atoms with Crippen molar-refractivity contribution in [3.63, 3.8) is 0 Å². The molecule has 0 N–H and O–H groups in total. The molecule has 0 saturated carbocycles. The molecule has 0 aliphatic heterocycles. The number of carbonyl (C=O) groups excluding carboxylic acids is 2. The molecule has 1 aromatic heterocycles. The lowest BCUT2D eigenvalue weighted by molar-refractivity contribution is -0.170. The van der Waals surface area contributed by atoms with Crippen LogP contribution in [0.4, 0.5) is 18.9 Å². The summed E-state index contributed by atoms with van der Waals surface area (Å²) in [7, 11) is 1.64. The van der Waals surface area contributed by atoms with Gasteiger partial charge in [0, 0.05) is 12.6 Å². The number of nitrogens with zero attached hydrogens (tertiary/aromatic N) is 2. The van der Waals surface area contributed by atoms with Gasteiger partial charge in [-0.15, -0.1) is 0 Å². The molecular weight excluding hydrogens is 509 g/mol. The van der Waals surface area contributed by atoms with E-state index in [0.29, 0.717) is 28.4 Å². The highest BCUT2D eigenvalue weighted by Crippen LogP contribution is 2.31. The predicted octanol–water partition coefficient (Wildman–Crippen LogP) is 6.78. The highest BCUT2D eigenvalue weighted by Gasteiger charge is 2.35. The van der Waals surface area contributed by atoms with Crippen molar-refractivity contribution in [2.24, 2.45) is 0 Å². The Morgan fingerprint density at radius 3 is 1.97 bits per heavy atom. The summed E-state index contributed by atoms with van der Waals surface area (Å²) >= 11 is 0. The summed E-state index contributed by atoms with van der Waals surface area (Å²) in [5.74, 6) is -0.191. The number of esters is 1. The number of aromatic nitrogens is 1. The number of anilines is 1. The van der Waals surface area contributed by atoms with Gasteiger partial charge < -0.3 is 14.4 Å². The lowest BCUT2D eigenvalue weighted by atomic mass is 10.1. The number of halogens is 3. The Bertz CT molecular complexity index is 1330. The quantitative estimate of drug-likeness (QED) is 0.308. The van der Waals surface area contributed by atoms with Crippen LogP contribution in [0.25, 0.3) is 11.3 Å². The first kappa shape index (κ1) is 29.7. The van der Waals surface area contributed by atoms with Gasteiger partial charge in [0.2, 0.25) is 5.91 Å². The first-order chi connectivity index (χ1) is 18.0. The zero-order valence-electron chi connectivity index (χ0n) is 23.1. The van der Waals surface area contributed by atoms with E-state index in [2.05, 4.69) is 4.98 Å². The molecule has 3 aromatic rings. The highest BCUT2D eigenvalue weighted by atomic mass is 19.4. The van der Waals surface area contributed by atoms with Gasteiger partial charge in [0.05, 0.1) is 29.1 Å². The molecule has 0 aliphatic carbocycles. The Labute approximate surface area is 226 Å². The lowest BCUT2D eigenvalue weighted by Gasteiger charge is -2.29. The van der Waals surface area contributed by atoms with Crippen LogP contribution < -0.4 is 9.64 Å². The Morgan fingerprint density at radius 1 is 0.872 bits per heavy atom. The van der Waals surface area contributed by atoms with Crippen molar-refractivity contribution in [2.45, 2.75) is 65.3 Å². The van der Waals surface area contributed by atoms with E-state index < -0.39 is 28.9 Å². The normalized spacial score (nSPS) is 12.2. The fourth-order valence-electron chi connectivity index (χ4n) is 3.74. The molecule has 208 valence electrons. The van der Waals surface area contributed by atoms with Gasteiger partial charge in [-0.1, -0.05) is 24.3 Å². The summed E-state index contributed by atoms with van der Waals surface area (Å²) in [5, 5.41) is 0. The zero-order valence-corrected chi connectivity index (χ0v) is 23.1. The van der Waals surface area contributed by atoms with Crippen LogP contribution in [0.2, 0.25) is 0 Å². The van der Waals surface area contributed by atoms with Crippen LogP contribution in [0, 0.1) is 6.92 Å². The molecule has 3 rings (SSSR count). The molecule has 39 heavy (non-hydrogen) atoms. The van der Waals surface area contributed by atoms with Crippen LogP contribution in [-0.2, 0) is 26.9 Å². The number of carbonyl (C=O) groups is 2. The molecule has 0 bridgehead atoms. The maximum absolute atomic E-state index is 13.0. The summed E-state index contributed by atoms with van der Waals surface area (Å²) in [4.78, 5) is 31.4. The number of hydrogen-bond acceptors (Lipinski definition) is 5. The second-order valence-corrected chi connectivity index (χ2v) is 10.8. The molecule has 1 heterocycles. The van der Waals surface area contributed by atoms with E-state index in [0.717, 1.165) is 17.7 Å². The van der Waals surface area contributed by atoms with E-state index >= 15 is 0 Å². The van der Waals surface area contributed by atoms with E-state index in [1.165, 1.54) is 17.0 Å². The molecule has 9 heteroatoms. The van der Waals surface area contributed by atoms with Crippen LogP contribution in [0.5, 0.6) is 5.75 Å². The van der Waals surface area contributed by atoms with Gasteiger partial charge in [-0.05, 0) is 83.5 Å². The van der Waals surface area contributed by atoms with Crippen molar-refractivity contribution < 1.29 is 32.2 Å². The predicted molar refractivity (Wildman–Crippen MR) is 144 cm³/mol. The topological polar surface area (TPSA) is 68.7 Å². The van der Waals surface area contributed by atoms with Crippen molar-refractivity contribution in [2.75, 3.05) is 11.9 Å². The molecule has 0 fully saturated rings. The summed E-state index contributed by atoms with van der Waals surface area (Å²) < 4.78 is 49.8. The smallest absolute Gasteiger partial charge is 0.416 e. The van der Waals surface area contributed by atoms with Crippen LogP contribution in [0.3, 0.4) is 0 Å². The number of pyridine rings is 1. The van der Waals surface area contributed by atoms with Gasteiger partial charge >= 0.3 is 12.1 Å². The van der Waals surface area contributed by atoms with E-state index in [9.17, 15) is 22.8 Å². The standard InChI is InChI=1S/C30H33F3N2O4/c1-19-25(17-16-24(34-19)21-10-12-22(13-11-21)30(31,32)33)35(7)26(36)18-20-8-14-23(15-9-20)38-29(5,6)27(37)39-28(2,3)4/h8-17H,18H2,1-7H3. The van der Waals surface area contributed by atoms with Crippen molar-refractivity contribution in [1.82, 2.24) is 4.98 Å². The first-order valence-electron chi connectivity index (χ1n) is 12.4. The number of ether oxygens (including phenoxy) is 2. The lowest BCUT2D eigenvalue weighted by Crippen LogP contribution is -2.43. The van der Waals surface area contributed by atoms with Gasteiger partial charge in [-0.3, -0.25) is 9.78 Å². The van der Waals surface area contributed by atoms with Crippen molar-refractivity contribution in [3.05, 3.63) is 77.5 Å². The third-order valence-electron chi connectivity index (χ3n) is 5.84. The van der Waals surface area contributed by atoms with Gasteiger partial charge in [0.25, 0.3) is 0 Å². The second-order valence-electron chi connectivity index (χ2n) is 10.8.